The first-order valence-corrected chi connectivity index (χ1v) is 10.1. The van der Waals surface area contributed by atoms with E-state index in [9.17, 15) is 8.42 Å². The zero-order valence-corrected chi connectivity index (χ0v) is 14.3. The van der Waals surface area contributed by atoms with Crippen LogP contribution >= 0.6 is 34.4 Å². The molecule has 110 valence electrons. The molecule has 0 N–H and O–H groups in total. The Kier molecular flexibility index (Phi) is 3.86. The number of thiazole rings is 1. The van der Waals surface area contributed by atoms with Crippen molar-refractivity contribution in [2.75, 3.05) is 6.26 Å². The molecule has 3 rings (SSSR count). The molecule has 0 amide bonds. The number of nitrogens with zero attached hydrogens (tertiary/aromatic N) is 4. The van der Waals surface area contributed by atoms with Crippen LogP contribution in [0.2, 0.25) is 0 Å². The van der Waals surface area contributed by atoms with E-state index in [0.717, 1.165) is 22.0 Å². The molecule has 3 heterocycles. The maximum absolute atomic E-state index is 11.5. The minimum atomic E-state index is -3.21. The molecule has 6 nitrogen and oxygen atoms in total. The van der Waals surface area contributed by atoms with Crippen molar-refractivity contribution in [3.05, 3.63) is 23.7 Å². The Bertz CT molecular complexity index is 864. The van der Waals surface area contributed by atoms with Crippen molar-refractivity contribution in [3.63, 3.8) is 0 Å². The van der Waals surface area contributed by atoms with Gasteiger partial charge in [0, 0.05) is 13.3 Å². The Morgan fingerprint density at radius 2 is 2.14 bits per heavy atom. The van der Waals surface area contributed by atoms with Crippen LogP contribution in [0.5, 0.6) is 0 Å². The highest BCUT2D eigenvalue weighted by molar-refractivity contribution is 8.01. The first-order chi connectivity index (χ1) is 9.95. The monoisotopic (exact) mass is 358 g/mol. The molecule has 0 atom stereocenters. The van der Waals surface area contributed by atoms with Gasteiger partial charge in [-0.05, 0) is 23.2 Å². The van der Waals surface area contributed by atoms with Gasteiger partial charge in [0.05, 0.1) is 11.1 Å². The van der Waals surface area contributed by atoms with Crippen LogP contribution in [-0.2, 0) is 16.9 Å². The standard InChI is InChI=1S/C11H10N4O2S4/c1-15-9(7-4-3-5-18-7)13-14-10(15)20-11-12-6-8(19-11)21(2,16)17/h3-6H,1-2H3. The van der Waals surface area contributed by atoms with Crippen LogP contribution in [0, 0.1) is 0 Å². The van der Waals surface area contributed by atoms with Gasteiger partial charge in [0.25, 0.3) is 0 Å². The summed E-state index contributed by atoms with van der Waals surface area (Å²) < 4.78 is 25.7. The Labute approximate surface area is 133 Å². The third-order valence-electron chi connectivity index (χ3n) is 2.58. The molecule has 0 aromatic carbocycles. The molecule has 3 aromatic heterocycles. The van der Waals surface area contributed by atoms with Gasteiger partial charge in [-0.1, -0.05) is 17.4 Å². The van der Waals surface area contributed by atoms with Crippen molar-refractivity contribution in [3.8, 4) is 10.7 Å². The number of rotatable bonds is 4. The molecular weight excluding hydrogens is 348 g/mol. The second-order valence-corrected chi connectivity index (χ2v) is 9.60. The third-order valence-corrected chi connectivity index (χ3v) is 7.35. The molecular formula is C11H10N4O2S4. The summed E-state index contributed by atoms with van der Waals surface area (Å²) in [6.07, 6.45) is 2.55. The van der Waals surface area contributed by atoms with Gasteiger partial charge >= 0.3 is 0 Å². The van der Waals surface area contributed by atoms with Gasteiger partial charge in [-0.15, -0.1) is 21.5 Å². The van der Waals surface area contributed by atoms with Gasteiger partial charge in [0.2, 0.25) is 0 Å². The highest BCUT2D eigenvalue weighted by Crippen LogP contribution is 2.33. The maximum Gasteiger partial charge on any atom is 0.198 e. The quantitative estimate of drug-likeness (QED) is 0.713. The van der Waals surface area contributed by atoms with E-state index >= 15 is 0 Å². The third kappa shape index (κ3) is 3.03. The van der Waals surface area contributed by atoms with Crippen molar-refractivity contribution >= 4 is 44.3 Å². The Morgan fingerprint density at radius 1 is 1.33 bits per heavy atom. The minimum Gasteiger partial charge on any atom is -0.304 e. The van der Waals surface area contributed by atoms with E-state index in [1.807, 2.05) is 29.1 Å². The van der Waals surface area contributed by atoms with Gasteiger partial charge < -0.3 is 4.57 Å². The number of aromatic nitrogens is 4. The lowest BCUT2D eigenvalue weighted by molar-refractivity contribution is 0.603. The molecule has 0 saturated heterocycles. The van der Waals surface area contributed by atoms with Gasteiger partial charge in [-0.3, -0.25) is 0 Å². The zero-order chi connectivity index (χ0) is 15.0. The summed E-state index contributed by atoms with van der Waals surface area (Å²) in [6.45, 7) is 0. The van der Waals surface area contributed by atoms with Crippen LogP contribution in [0.15, 0.2) is 37.4 Å². The van der Waals surface area contributed by atoms with E-state index < -0.39 is 9.84 Å². The fourth-order valence-electron chi connectivity index (χ4n) is 1.57. The average Bonchev–Trinajstić information content (AvgIpc) is 3.11. The van der Waals surface area contributed by atoms with Gasteiger partial charge in [0.1, 0.15) is 4.21 Å². The number of hydrogen-bond acceptors (Lipinski definition) is 8. The van der Waals surface area contributed by atoms with Crippen molar-refractivity contribution in [2.24, 2.45) is 7.05 Å². The van der Waals surface area contributed by atoms with E-state index in [2.05, 4.69) is 15.2 Å². The van der Waals surface area contributed by atoms with Crippen molar-refractivity contribution in [2.45, 2.75) is 13.7 Å². The first kappa shape index (κ1) is 14.7. The second kappa shape index (κ2) is 5.52. The van der Waals surface area contributed by atoms with E-state index in [4.69, 9.17) is 0 Å². The molecule has 0 fully saturated rings. The maximum atomic E-state index is 11.5. The molecule has 3 aromatic rings. The predicted octanol–water partition coefficient (Wildman–Crippen LogP) is 2.55. The largest absolute Gasteiger partial charge is 0.304 e. The summed E-state index contributed by atoms with van der Waals surface area (Å²) in [4.78, 5) is 5.15. The molecule has 0 spiro atoms. The molecule has 0 unspecified atom stereocenters. The SMILES string of the molecule is Cn1c(Sc2ncc(S(C)(=O)=O)s2)nnc1-c1cccs1. The zero-order valence-electron chi connectivity index (χ0n) is 11.0. The summed E-state index contributed by atoms with van der Waals surface area (Å²) in [6, 6.07) is 3.94. The number of hydrogen-bond donors (Lipinski definition) is 0. The molecule has 0 aliphatic rings. The lowest BCUT2D eigenvalue weighted by atomic mass is 10.4. The van der Waals surface area contributed by atoms with Crippen LogP contribution in [0.3, 0.4) is 0 Å². The second-order valence-electron chi connectivity index (χ2n) is 4.16. The van der Waals surface area contributed by atoms with Crippen molar-refractivity contribution < 1.29 is 8.42 Å². The summed E-state index contributed by atoms with van der Waals surface area (Å²) in [5, 5.41) is 11.0. The normalized spacial score (nSPS) is 11.9. The topological polar surface area (TPSA) is 77.7 Å². The Morgan fingerprint density at radius 3 is 2.76 bits per heavy atom. The molecule has 0 aliphatic heterocycles. The van der Waals surface area contributed by atoms with E-state index in [0.29, 0.717) is 9.50 Å². The Hall–Kier alpha value is -1.23. The van der Waals surface area contributed by atoms with Crippen LogP contribution in [0.4, 0.5) is 0 Å². The highest BCUT2D eigenvalue weighted by atomic mass is 32.2. The molecule has 0 aliphatic carbocycles. The smallest absolute Gasteiger partial charge is 0.198 e. The minimum absolute atomic E-state index is 0.255. The molecule has 0 radical (unpaired) electrons. The van der Waals surface area contributed by atoms with Crippen molar-refractivity contribution in [1.82, 2.24) is 19.7 Å². The Balaban J connectivity index is 1.88. The van der Waals surface area contributed by atoms with Crippen LogP contribution in [0.1, 0.15) is 0 Å². The first-order valence-electron chi connectivity index (χ1n) is 5.72. The van der Waals surface area contributed by atoms with Crippen LogP contribution in [-0.4, -0.2) is 34.4 Å². The van der Waals surface area contributed by atoms with E-state index in [1.54, 1.807) is 11.3 Å². The van der Waals surface area contributed by atoms with Gasteiger partial charge in [-0.25, -0.2) is 13.4 Å². The lowest BCUT2D eigenvalue weighted by Crippen LogP contribution is -1.93. The summed E-state index contributed by atoms with van der Waals surface area (Å²) in [5.41, 5.74) is 0. The summed E-state index contributed by atoms with van der Waals surface area (Å²) in [7, 11) is -1.34. The van der Waals surface area contributed by atoms with E-state index in [-0.39, 0.29) is 4.21 Å². The molecule has 21 heavy (non-hydrogen) atoms. The van der Waals surface area contributed by atoms with Crippen molar-refractivity contribution in [1.29, 1.82) is 0 Å². The predicted molar refractivity (Wildman–Crippen MR) is 83.7 cm³/mol. The number of thiophene rings is 1. The van der Waals surface area contributed by atoms with Gasteiger partial charge in [0.15, 0.2) is 25.2 Å². The lowest BCUT2D eigenvalue weighted by Gasteiger charge is -1.99. The van der Waals surface area contributed by atoms with Gasteiger partial charge in [-0.2, -0.15) is 0 Å². The van der Waals surface area contributed by atoms with Crippen LogP contribution in [0.25, 0.3) is 10.7 Å². The van der Waals surface area contributed by atoms with Crippen LogP contribution < -0.4 is 0 Å². The molecule has 0 bridgehead atoms. The fourth-order valence-corrected chi connectivity index (χ4v) is 5.16. The highest BCUT2D eigenvalue weighted by Gasteiger charge is 2.17. The van der Waals surface area contributed by atoms with E-state index in [1.165, 1.54) is 24.2 Å². The average molecular weight is 358 g/mol. The summed E-state index contributed by atoms with van der Waals surface area (Å²) >= 11 is 4.03. The fraction of sp³-hybridized carbons (Fsp3) is 0.182. The molecule has 0 saturated carbocycles. The molecule has 10 heteroatoms. The summed E-state index contributed by atoms with van der Waals surface area (Å²) in [5.74, 6) is 0.785. The number of sulfone groups is 1.